The Hall–Kier alpha value is 0.270. The molecular formula is C10H23NOS. The zero-order chi connectivity index (χ0) is 10.1. The fourth-order valence-corrected chi connectivity index (χ4v) is 2.37. The molecule has 0 bridgehead atoms. The van der Waals surface area contributed by atoms with Gasteiger partial charge in [0.25, 0.3) is 0 Å². The van der Waals surface area contributed by atoms with Gasteiger partial charge in [-0.1, -0.05) is 20.3 Å². The number of rotatable bonds is 8. The summed E-state index contributed by atoms with van der Waals surface area (Å²) in [4.78, 5) is 0. The molecule has 0 aromatic heterocycles. The Bertz CT molecular complexity index is 111. The molecule has 13 heavy (non-hydrogen) atoms. The molecule has 0 spiro atoms. The molecule has 2 nitrogen and oxygen atoms in total. The molecular weight excluding hydrogens is 182 g/mol. The molecule has 3 heteroatoms. The highest BCUT2D eigenvalue weighted by atomic mass is 32.2. The van der Waals surface area contributed by atoms with Gasteiger partial charge in [-0.15, -0.1) is 0 Å². The van der Waals surface area contributed by atoms with Gasteiger partial charge in [-0.3, -0.25) is 0 Å². The number of aliphatic hydroxyl groups excluding tert-OH is 1. The zero-order valence-corrected chi connectivity index (χ0v) is 9.86. The maximum Gasteiger partial charge on any atom is 0.0441 e. The maximum atomic E-state index is 8.73. The SMILES string of the molecule is CCCC(CSC(C)CCO)NC. The van der Waals surface area contributed by atoms with Gasteiger partial charge >= 0.3 is 0 Å². The fourth-order valence-electron chi connectivity index (χ4n) is 1.21. The number of nitrogens with one attached hydrogen (secondary N) is 1. The van der Waals surface area contributed by atoms with Crippen LogP contribution in [0.4, 0.5) is 0 Å². The fraction of sp³-hybridized carbons (Fsp3) is 1.00. The topological polar surface area (TPSA) is 32.3 Å². The predicted octanol–water partition coefficient (Wildman–Crippen LogP) is 1.88. The molecule has 2 N–H and O–H groups in total. The molecule has 0 heterocycles. The quantitative estimate of drug-likeness (QED) is 0.634. The largest absolute Gasteiger partial charge is 0.396 e. The summed E-state index contributed by atoms with van der Waals surface area (Å²) in [5, 5.41) is 12.6. The first-order valence-electron chi connectivity index (χ1n) is 5.14. The van der Waals surface area contributed by atoms with Crippen LogP contribution in [0.25, 0.3) is 0 Å². The van der Waals surface area contributed by atoms with E-state index in [0.717, 1.165) is 12.2 Å². The van der Waals surface area contributed by atoms with E-state index >= 15 is 0 Å². The van der Waals surface area contributed by atoms with E-state index in [2.05, 4.69) is 19.2 Å². The van der Waals surface area contributed by atoms with Crippen LogP contribution in [-0.2, 0) is 0 Å². The van der Waals surface area contributed by atoms with Crippen LogP contribution < -0.4 is 5.32 Å². The van der Waals surface area contributed by atoms with Crippen LogP contribution in [0, 0.1) is 0 Å². The normalized spacial score (nSPS) is 15.7. The third-order valence-corrected chi connectivity index (χ3v) is 3.56. The summed E-state index contributed by atoms with van der Waals surface area (Å²) in [5.41, 5.74) is 0. The lowest BCUT2D eigenvalue weighted by molar-refractivity contribution is 0.289. The highest BCUT2D eigenvalue weighted by Crippen LogP contribution is 2.16. The number of aliphatic hydroxyl groups is 1. The van der Waals surface area contributed by atoms with E-state index < -0.39 is 0 Å². The molecule has 0 aliphatic rings. The molecule has 0 aromatic rings. The van der Waals surface area contributed by atoms with Gasteiger partial charge in [0.2, 0.25) is 0 Å². The lowest BCUT2D eigenvalue weighted by Gasteiger charge is -2.17. The van der Waals surface area contributed by atoms with Crippen molar-refractivity contribution < 1.29 is 5.11 Å². The Labute approximate surface area is 86.5 Å². The molecule has 0 aliphatic carbocycles. The highest BCUT2D eigenvalue weighted by Gasteiger charge is 2.07. The van der Waals surface area contributed by atoms with Crippen molar-refractivity contribution in [2.75, 3.05) is 19.4 Å². The van der Waals surface area contributed by atoms with E-state index in [1.54, 1.807) is 0 Å². The summed E-state index contributed by atoms with van der Waals surface area (Å²) < 4.78 is 0. The Balaban J connectivity index is 3.46. The average molecular weight is 205 g/mol. The van der Waals surface area contributed by atoms with Gasteiger partial charge in [0, 0.05) is 23.7 Å². The second-order valence-corrected chi connectivity index (χ2v) is 4.90. The van der Waals surface area contributed by atoms with Crippen LogP contribution in [0.3, 0.4) is 0 Å². The van der Waals surface area contributed by atoms with Gasteiger partial charge < -0.3 is 10.4 Å². The summed E-state index contributed by atoms with van der Waals surface area (Å²) in [6.07, 6.45) is 3.39. The van der Waals surface area contributed by atoms with E-state index in [1.165, 1.54) is 12.8 Å². The Morgan fingerprint density at radius 3 is 2.54 bits per heavy atom. The Morgan fingerprint density at radius 1 is 1.38 bits per heavy atom. The summed E-state index contributed by atoms with van der Waals surface area (Å²) in [6, 6.07) is 0.635. The molecule has 2 unspecified atom stereocenters. The Morgan fingerprint density at radius 2 is 2.08 bits per heavy atom. The van der Waals surface area contributed by atoms with Crippen LogP contribution in [0.1, 0.15) is 33.1 Å². The van der Waals surface area contributed by atoms with Crippen LogP contribution in [0.15, 0.2) is 0 Å². The number of hydrogen-bond donors (Lipinski definition) is 2. The molecule has 0 fully saturated rings. The highest BCUT2D eigenvalue weighted by molar-refractivity contribution is 7.99. The first kappa shape index (κ1) is 13.3. The van der Waals surface area contributed by atoms with Crippen molar-refractivity contribution >= 4 is 11.8 Å². The average Bonchev–Trinajstić information content (AvgIpc) is 2.12. The van der Waals surface area contributed by atoms with Crippen molar-refractivity contribution in [2.45, 2.75) is 44.4 Å². The van der Waals surface area contributed by atoms with E-state index in [-0.39, 0.29) is 0 Å². The molecule has 0 amide bonds. The van der Waals surface area contributed by atoms with Crippen molar-refractivity contribution in [3.05, 3.63) is 0 Å². The molecule has 0 rings (SSSR count). The van der Waals surface area contributed by atoms with Gasteiger partial charge in [0.15, 0.2) is 0 Å². The first-order valence-corrected chi connectivity index (χ1v) is 6.19. The second-order valence-electron chi connectivity index (χ2n) is 3.43. The third kappa shape index (κ3) is 7.35. The molecule has 0 aliphatic heterocycles. The summed E-state index contributed by atoms with van der Waals surface area (Å²) in [6.45, 7) is 4.71. The monoisotopic (exact) mass is 205 g/mol. The minimum Gasteiger partial charge on any atom is -0.396 e. The van der Waals surface area contributed by atoms with E-state index in [1.807, 2.05) is 18.8 Å². The lowest BCUT2D eigenvalue weighted by Crippen LogP contribution is -2.28. The zero-order valence-electron chi connectivity index (χ0n) is 9.05. The van der Waals surface area contributed by atoms with Crippen molar-refractivity contribution in [2.24, 2.45) is 0 Å². The number of thioether (sulfide) groups is 1. The standard InChI is InChI=1S/C10H23NOS/c1-4-5-10(11-3)8-13-9(2)6-7-12/h9-12H,4-8H2,1-3H3. The van der Waals surface area contributed by atoms with Crippen molar-refractivity contribution in [3.63, 3.8) is 0 Å². The second kappa shape index (κ2) is 8.85. The third-order valence-electron chi connectivity index (χ3n) is 2.16. The smallest absolute Gasteiger partial charge is 0.0441 e. The van der Waals surface area contributed by atoms with Gasteiger partial charge in [-0.2, -0.15) is 11.8 Å². The minimum absolute atomic E-state index is 0.312. The molecule has 0 saturated carbocycles. The summed E-state index contributed by atoms with van der Waals surface area (Å²) in [5.74, 6) is 1.16. The predicted molar refractivity (Wildman–Crippen MR) is 61.4 cm³/mol. The molecule has 2 atom stereocenters. The lowest BCUT2D eigenvalue weighted by atomic mass is 10.2. The molecule has 80 valence electrons. The van der Waals surface area contributed by atoms with E-state index in [0.29, 0.717) is 17.9 Å². The summed E-state index contributed by atoms with van der Waals surface area (Å²) >= 11 is 1.95. The maximum absolute atomic E-state index is 8.73. The van der Waals surface area contributed by atoms with Crippen LogP contribution in [0.5, 0.6) is 0 Å². The van der Waals surface area contributed by atoms with E-state index in [4.69, 9.17) is 5.11 Å². The Kier molecular flexibility index (Phi) is 9.03. The van der Waals surface area contributed by atoms with E-state index in [9.17, 15) is 0 Å². The first-order chi connectivity index (χ1) is 6.24. The molecule has 0 saturated heterocycles. The van der Waals surface area contributed by atoms with Gasteiger partial charge in [0.05, 0.1) is 0 Å². The minimum atomic E-state index is 0.312. The van der Waals surface area contributed by atoms with Crippen molar-refractivity contribution in [3.8, 4) is 0 Å². The summed E-state index contributed by atoms with van der Waals surface area (Å²) in [7, 11) is 2.03. The van der Waals surface area contributed by atoms with Crippen molar-refractivity contribution in [1.82, 2.24) is 5.32 Å². The van der Waals surface area contributed by atoms with Gasteiger partial charge in [0.1, 0.15) is 0 Å². The van der Waals surface area contributed by atoms with Crippen LogP contribution in [-0.4, -0.2) is 35.8 Å². The van der Waals surface area contributed by atoms with Crippen LogP contribution in [0.2, 0.25) is 0 Å². The van der Waals surface area contributed by atoms with Gasteiger partial charge in [-0.25, -0.2) is 0 Å². The number of hydrogen-bond acceptors (Lipinski definition) is 3. The molecule has 0 aromatic carbocycles. The van der Waals surface area contributed by atoms with Gasteiger partial charge in [-0.05, 0) is 19.9 Å². The van der Waals surface area contributed by atoms with Crippen molar-refractivity contribution in [1.29, 1.82) is 0 Å². The molecule has 0 radical (unpaired) electrons. The van der Waals surface area contributed by atoms with Crippen LogP contribution >= 0.6 is 11.8 Å².